The number of hydrazine groups is 1. The summed E-state index contributed by atoms with van der Waals surface area (Å²) in [5.41, 5.74) is 4.95. The van der Waals surface area contributed by atoms with E-state index in [1.165, 1.54) is 42.9 Å². The van der Waals surface area contributed by atoms with Crippen LogP contribution in [-0.4, -0.2) is 11.1 Å². The first-order chi connectivity index (χ1) is 11.4. The molecule has 2 aromatic carbocycles. The second-order valence-corrected chi connectivity index (χ2v) is 6.47. The van der Waals surface area contributed by atoms with Gasteiger partial charge in [0.2, 0.25) is 0 Å². The van der Waals surface area contributed by atoms with E-state index in [-0.39, 0.29) is 6.17 Å². The molecule has 1 saturated carbocycles. The third kappa shape index (κ3) is 3.15. The predicted octanol–water partition coefficient (Wildman–Crippen LogP) is 2.90. The Balaban J connectivity index is 1.69. The number of nitrogens with zero attached hydrogens (tertiary/aromatic N) is 2. The van der Waals surface area contributed by atoms with E-state index in [0.717, 1.165) is 5.36 Å². The van der Waals surface area contributed by atoms with Crippen molar-refractivity contribution < 1.29 is 0 Å². The molecule has 1 atom stereocenters. The molecule has 118 valence electrons. The Labute approximate surface area is 137 Å². The Kier molecular flexibility index (Phi) is 4.12. The third-order valence-corrected chi connectivity index (χ3v) is 4.77. The molecule has 0 spiro atoms. The van der Waals surface area contributed by atoms with Crippen molar-refractivity contribution in [1.82, 2.24) is 10.4 Å². The lowest BCUT2D eigenvalue weighted by molar-refractivity contribution is 0.165. The zero-order chi connectivity index (χ0) is 15.5. The van der Waals surface area contributed by atoms with Crippen LogP contribution in [0.1, 0.15) is 43.8 Å². The fraction of sp³-hybridized carbons (Fsp3) is 0.350. The quantitative estimate of drug-likeness (QED) is 0.944. The molecule has 2 aromatic rings. The van der Waals surface area contributed by atoms with Crippen LogP contribution >= 0.6 is 0 Å². The van der Waals surface area contributed by atoms with Gasteiger partial charge in [0.1, 0.15) is 0 Å². The zero-order valence-electron chi connectivity index (χ0n) is 13.4. The average molecular weight is 305 g/mol. The van der Waals surface area contributed by atoms with E-state index < -0.39 is 0 Å². The van der Waals surface area contributed by atoms with Gasteiger partial charge in [0, 0.05) is 17.5 Å². The van der Waals surface area contributed by atoms with E-state index in [2.05, 4.69) is 71.2 Å². The highest BCUT2D eigenvalue weighted by molar-refractivity contribution is 5.29. The van der Waals surface area contributed by atoms with Crippen molar-refractivity contribution in [2.45, 2.75) is 44.3 Å². The summed E-state index contributed by atoms with van der Waals surface area (Å²) in [5.74, 6) is 0. The summed E-state index contributed by atoms with van der Waals surface area (Å²) < 4.78 is 0. The summed E-state index contributed by atoms with van der Waals surface area (Å²) in [4.78, 5) is 4.99. The molecule has 4 rings (SSSR count). The number of para-hydroxylation sites is 1. The Morgan fingerprint density at radius 3 is 2.43 bits per heavy atom. The molecule has 3 heteroatoms. The van der Waals surface area contributed by atoms with E-state index in [0.29, 0.717) is 6.04 Å². The fourth-order valence-corrected chi connectivity index (χ4v) is 3.54. The van der Waals surface area contributed by atoms with Crippen molar-refractivity contribution in [3.05, 3.63) is 70.7 Å². The van der Waals surface area contributed by atoms with Crippen molar-refractivity contribution >= 4 is 6.20 Å². The van der Waals surface area contributed by atoms with Gasteiger partial charge in [-0.25, -0.2) is 5.43 Å². The molecule has 2 aliphatic rings. The normalized spacial score (nSPS) is 21.2. The lowest BCUT2D eigenvalue weighted by Crippen LogP contribution is -2.48. The largest absolute Gasteiger partial charge is 0.286 e. The van der Waals surface area contributed by atoms with Crippen molar-refractivity contribution in [3.63, 3.8) is 0 Å². The Hall–Kier alpha value is -2.13. The predicted molar refractivity (Wildman–Crippen MR) is 92.7 cm³/mol. The lowest BCUT2D eigenvalue weighted by Gasteiger charge is -2.35. The molecule has 0 radical (unpaired) electrons. The SMILES string of the molecule is C1=c2ccccc2=NC(c2ccccc2)N1NC1CCCCC1. The van der Waals surface area contributed by atoms with Crippen LogP contribution in [0.25, 0.3) is 6.20 Å². The monoisotopic (exact) mass is 305 g/mol. The van der Waals surface area contributed by atoms with Crippen LogP contribution in [-0.2, 0) is 0 Å². The number of nitrogens with one attached hydrogen (secondary N) is 1. The van der Waals surface area contributed by atoms with E-state index >= 15 is 0 Å². The van der Waals surface area contributed by atoms with Crippen LogP contribution in [0.4, 0.5) is 0 Å². The van der Waals surface area contributed by atoms with Crippen LogP contribution in [0.3, 0.4) is 0 Å². The Bertz CT molecular complexity index is 763. The fourth-order valence-electron chi connectivity index (χ4n) is 3.54. The molecular formula is C20H23N3. The van der Waals surface area contributed by atoms with Gasteiger partial charge in [-0.1, -0.05) is 67.8 Å². The first-order valence-corrected chi connectivity index (χ1v) is 8.64. The van der Waals surface area contributed by atoms with E-state index in [4.69, 9.17) is 4.99 Å². The molecule has 1 unspecified atom stereocenters. The maximum absolute atomic E-state index is 4.99. The molecule has 1 N–H and O–H groups in total. The average Bonchev–Trinajstić information content (AvgIpc) is 2.63. The van der Waals surface area contributed by atoms with Crippen LogP contribution in [0.15, 0.2) is 59.6 Å². The highest BCUT2D eigenvalue weighted by Crippen LogP contribution is 2.24. The number of fused-ring (bicyclic) bond motifs is 1. The van der Waals surface area contributed by atoms with Crippen molar-refractivity contribution in [2.24, 2.45) is 4.99 Å². The van der Waals surface area contributed by atoms with Gasteiger partial charge in [-0.3, -0.25) is 10.0 Å². The molecule has 1 heterocycles. The summed E-state index contributed by atoms with van der Waals surface area (Å²) in [6, 6.07) is 19.5. The second-order valence-electron chi connectivity index (χ2n) is 6.47. The topological polar surface area (TPSA) is 27.6 Å². The van der Waals surface area contributed by atoms with Gasteiger partial charge in [0.25, 0.3) is 0 Å². The van der Waals surface area contributed by atoms with Gasteiger partial charge >= 0.3 is 0 Å². The molecule has 1 aliphatic heterocycles. The zero-order valence-corrected chi connectivity index (χ0v) is 13.4. The molecule has 0 amide bonds. The van der Waals surface area contributed by atoms with E-state index in [1.807, 2.05) is 0 Å². The minimum Gasteiger partial charge on any atom is -0.286 e. The lowest BCUT2D eigenvalue weighted by atomic mass is 9.96. The Morgan fingerprint density at radius 2 is 1.61 bits per heavy atom. The summed E-state index contributed by atoms with van der Waals surface area (Å²) in [6.07, 6.45) is 8.77. The molecule has 0 bridgehead atoms. The number of hydrogen-bond donors (Lipinski definition) is 1. The molecule has 0 saturated heterocycles. The molecule has 1 aliphatic carbocycles. The first-order valence-electron chi connectivity index (χ1n) is 8.64. The van der Waals surface area contributed by atoms with Gasteiger partial charge in [-0.2, -0.15) is 0 Å². The van der Waals surface area contributed by atoms with Crippen molar-refractivity contribution in [3.8, 4) is 0 Å². The minimum absolute atomic E-state index is 0.00743. The molecule has 23 heavy (non-hydrogen) atoms. The van der Waals surface area contributed by atoms with Gasteiger partial charge in [-0.05, 0) is 24.5 Å². The second kappa shape index (κ2) is 6.55. The first kappa shape index (κ1) is 14.5. The third-order valence-electron chi connectivity index (χ3n) is 4.77. The van der Waals surface area contributed by atoms with Crippen LogP contribution in [0, 0.1) is 0 Å². The highest BCUT2D eigenvalue weighted by Gasteiger charge is 2.23. The van der Waals surface area contributed by atoms with Crippen LogP contribution in [0.5, 0.6) is 0 Å². The van der Waals surface area contributed by atoms with Crippen molar-refractivity contribution in [2.75, 3.05) is 0 Å². The van der Waals surface area contributed by atoms with Crippen LogP contribution in [0.2, 0.25) is 0 Å². The van der Waals surface area contributed by atoms with Crippen LogP contribution < -0.4 is 16.0 Å². The minimum atomic E-state index is 0.00743. The summed E-state index contributed by atoms with van der Waals surface area (Å²) in [5, 5.41) is 4.47. The summed E-state index contributed by atoms with van der Waals surface area (Å²) in [6.45, 7) is 0. The molecular weight excluding hydrogens is 282 g/mol. The van der Waals surface area contributed by atoms with E-state index in [1.54, 1.807) is 0 Å². The number of benzene rings is 2. The molecule has 0 aromatic heterocycles. The van der Waals surface area contributed by atoms with E-state index in [9.17, 15) is 0 Å². The number of rotatable bonds is 3. The van der Waals surface area contributed by atoms with Gasteiger partial charge < -0.3 is 0 Å². The maximum Gasteiger partial charge on any atom is 0.161 e. The maximum atomic E-state index is 4.99. The molecule has 3 nitrogen and oxygen atoms in total. The molecule has 1 fully saturated rings. The smallest absolute Gasteiger partial charge is 0.161 e. The summed E-state index contributed by atoms with van der Waals surface area (Å²) >= 11 is 0. The standard InChI is InChI=1S/C20H23N3/c1-3-9-16(10-4-1)20-21-19-14-8-7-11-17(19)15-23(20)22-18-12-5-2-6-13-18/h1,3-4,7-11,14-15,18,20,22H,2,5-6,12-13H2. The number of hydrogen-bond acceptors (Lipinski definition) is 3. The highest BCUT2D eigenvalue weighted by atomic mass is 15.6. The van der Waals surface area contributed by atoms with Gasteiger partial charge in [-0.15, -0.1) is 0 Å². The summed E-state index contributed by atoms with van der Waals surface area (Å²) in [7, 11) is 0. The van der Waals surface area contributed by atoms with Crippen molar-refractivity contribution in [1.29, 1.82) is 0 Å². The van der Waals surface area contributed by atoms with Gasteiger partial charge in [0.15, 0.2) is 6.17 Å². The Morgan fingerprint density at radius 1 is 0.870 bits per heavy atom. The van der Waals surface area contributed by atoms with Gasteiger partial charge in [0.05, 0.1) is 5.36 Å².